The summed E-state index contributed by atoms with van der Waals surface area (Å²) in [6, 6.07) is 2.81. The fourth-order valence-corrected chi connectivity index (χ4v) is 2.15. The summed E-state index contributed by atoms with van der Waals surface area (Å²) >= 11 is 0. The molecule has 1 atom stereocenters. The van der Waals surface area contributed by atoms with Gasteiger partial charge in [0, 0.05) is 25.2 Å². The first-order valence-electron chi connectivity index (χ1n) is 7.61. The molecule has 1 unspecified atom stereocenters. The molecule has 1 aromatic rings. The molecule has 0 amide bonds. The number of nitrogens with one attached hydrogen (secondary N) is 1. The molecular formula is C15H27N3O. The van der Waals surface area contributed by atoms with E-state index >= 15 is 0 Å². The van der Waals surface area contributed by atoms with Gasteiger partial charge >= 0.3 is 0 Å². The second-order valence-electron chi connectivity index (χ2n) is 5.78. The highest BCUT2D eigenvalue weighted by Gasteiger charge is 2.20. The number of nitrogens with zero attached hydrogens (tertiary/aromatic N) is 2. The van der Waals surface area contributed by atoms with Crippen LogP contribution in [0.4, 0.5) is 0 Å². The van der Waals surface area contributed by atoms with Crippen molar-refractivity contribution in [3.8, 4) is 0 Å². The molecular weight excluding hydrogens is 238 g/mol. The van der Waals surface area contributed by atoms with Gasteiger partial charge in [0.15, 0.2) is 5.76 Å². The van der Waals surface area contributed by atoms with Gasteiger partial charge in [0.05, 0.1) is 12.2 Å². The van der Waals surface area contributed by atoms with Gasteiger partial charge in [0.1, 0.15) is 0 Å². The van der Waals surface area contributed by atoms with E-state index in [2.05, 4.69) is 42.2 Å². The van der Waals surface area contributed by atoms with Crippen molar-refractivity contribution < 1.29 is 4.52 Å². The van der Waals surface area contributed by atoms with Crippen LogP contribution in [0.15, 0.2) is 10.6 Å². The van der Waals surface area contributed by atoms with Crippen molar-refractivity contribution in [2.75, 3.05) is 13.1 Å². The van der Waals surface area contributed by atoms with Crippen molar-refractivity contribution in [3.05, 3.63) is 17.5 Å². The zero-order chi connectivity index (χ0) is 13.7. The Labute approximate surface area is 116 Å². The third kappa shape index (κ3) is 4.96. The Morgan fingerprint density at radius 1 is 1.47 bits per heavy atom. The summed E-state index contributed by atoms with van der Waals surface area (Å²) in [5.74, 6) is 1.72. The average molecular weight is 265 g/mol. The molecule has 1 heterocycles. The van der Waals surface area contributed by atoms with Crippen molar-refractivity contribution >= 4 is 0 Å². The maximum absolute atomic E-state index is 5.43. The number of hydrogen-bond acceptors (Lipinski definition) is 4. The van der Waals surface area contributed by atoms with Gasteiger partial charge < -0.3 is 9.84 Å². The molecule has 1 saturated carbocycles. The molecule has 0 saturated heterocycles. The molecule has 1 fully saturated rings. The van der Waals surface area contributed by atoms with Gasteiger partial charge in [0.25, 0.3) is 0 Å². The van der Waals surface area contributed by atoms with E-state index in [0.29, 0.717) is 0 Å². The van der Waals surface area contributed by atoms with E-state index in [1.165, 1.54) is 19.3 Å². The lowest BCUT2D eigenvalue weighted by molar-refractivity contribution is 0.211. The first-order chi connectivity index (χ1) is 9.21. The smallest absolute Gasteiger partial charge is 0.151 e. The minimum absolute atomic E-state index is 0.720. The Balaban J connectivity index is 1.79. The van der Waals surface area contributed by atoms with Gasteiger partial charge in [-0.05, 0) is 25.3 Å². The van der Waals surface area contributed by atoms with E-state index in [1.54, 1.807) is 0 Å². The summed E-state index contributed by atoms with van der Waals surface area (Å²) < 4.78 is 5.43. The Morgan fingerprint density at radius 2 is 2.26 bits per heavy atom. The highest BCUT2D eigenvalue weighted by molar-refractivity contribution is 5.05. The van der Waals surface area contributed by atoms with Crippen molar-refractivity contribution in [2.45, 2.75) is 59.2 Å². The molecule has 19 heavy (non-hydrogen) atoms. The first kappa shape index (κ1) is 14.5. The molecule has 1 N–H and O–H groups in total. The molecule has 0 aromatic carbocycles. The van der Waals surface area contributed by atoms with Gasteiger partial charge in [0.2, 0.25) is 0 Å². The Morgan fingerprint density at radius 3 is 2.89 bits per heavy atom. The molecule has 0 radical (unpaired) electrons. The predicted octanol–water partition coefficient (Wildman–Crippen LogP) is 2.79. The van der Waals surface area contributed by atoms with Gasteiger partial charge in [-0.1, -0.05) is 32.3 Å². The Hall–Kier alpha value is -0.870. The SMILES string of the molecule is CCC(C)CN(CC)Cc1cc(CNC2CC2)no1. The summed E-state index contributed by atoms with van der Waals surface area (Å²) in [4.78, 5) is 2.42. The largest absolute Gasteiger partial charge is 0.360 e. The fraction of sp³-hybridized carbons (Fsp3) is 0.800. The molecule has 1 aliphatic rings. The summed E-state index contributed by atoms with van der Waals surface area (Å²) in [7, 11) is 0. The lowest BCUT2D eigenvalue weighted by Crippen LogP contribution is -2.27. The van der Waals surface area contributed by atoms with Crippen molar-refractivity contribution in [1.82, 2.24) is 15.4 Å². The second kappa shape index (κ2) is 7.06. The number of hydrogen-bond donors (Lipinski definition) is 1. The van der Waals surface area contributed by atoms with Crippen LogP contribution >= 0.6 is 0 Å². The van der Waals surface area contributed by atoms with Gasteiger partial charge in [-0.15, -0.1) is 0 Å². The zero-order valence-corrected chi connectivity index (χ0v) is 12.5. The van der Waals surface area contributed by atoms with Crippen molar-refractivity contribution in [1.29, 1.82) is 0 Å². The van der Waals surface area contributed by atoms with Gasteiger partial charge in [-0.25, -0.2) is 0 Å². The molecule has 4 heteroatoms. The molecule has 1 aliphatic carbocycles. The van der Waals surface area contributed by atoms with Crippen LogP contribution in [0.1, 0.15) is 51.5 Å². The van der Waals surface area contributed by atoms with E-state index < -0.39 is 0 Å². The van der Waals surface area contributed by atoms with E-state index in [0.717, 1.165) is 49.6 Å². The third-order valence-corrected chi connectivity index (χ3v) is 3.85. The van der Waals surface area contributed by atoms with Crippen LogP contribution in [-0.4, -0.2) is 29.2 Å². The quantitative estimate of drug-likeness (QED) is 0.745. The monoisotopic (exact) mass is 265 g/mol. The molecule has 108 valence electrons. The van der Waals surface area contributed by atoms with Crippen molar-refractivity contribution in [3.63, 3.8) is 0 Å². The maximum Gasteiger partial charge on any atom is 0.151 e. The zero-order valence-electron chi connectivity index (χ0n) is 12.5. The minimum atomic E-state index is 0.720. The summed E-state index contributed by atoms with van der Waals surface area (Å²) in [6.07, 6.45) is 3.84. The second-order valence-corrected chi connectivity index (χ2v) is 5.78. The summed E-state index contributed by atoms with van der Waals surface area (Å²) in [6.45, 7) is 10.6. The van der Waals surface area contributed by atoms with Gasteiger partial charge in [-0.2, -0.15) is 0 Å². The fourth-order valence-electron chi connectivity index (χ4n) is 2.15. The van der Waals surface area contributed by atoms with Crippen LogP contribution in [0, 0.1) is 5.92 Å². The lowest BCUT2D eigenvalue weighted by Gasteiger charge is -2.22. The number of aromatic nitrogens is 1. The molecule has 4 nitrogen and oxygen atoms in total. The van der Waals surface area contributed by atoms with Crippen LogP contribution in [0.2, 0.25) is 0 Å². The first-order valence-corrected chi connectivity index (χ1v) is 7.61. The minimum Gasteiger partial charge on any atom is -0.360 e. The van der Waals surface area contributed by atoms with Gasteiger partial charge in [-0.3, -0.25) is 4.90 Å². The third-order valence-electron chi connectivity index (χ3n) is 3.85. The normalized spacial score (nSPS) is 17.1. The molecule has 0 bridgehead atoms. The summed E-state index contributed by atoms with van der Waals surface area (Å²) in [5, 5.41) is 7.60. The van der Waals surface area contributed by atoms with E-state index in [1.807, 2.05) is 0 Å². The highest BCUT2D eigenvalue weighted by atomic mass is 16.5. The Kier molecular flexibility index (Phi) is 5.40. The van der Waals surface area contributed by atoms with Crippen LogP contribution in [0.25, 0.3) is 0 Å². The summed E-state index contributed by atoms with van der Waals surface area (Å²) in [5.41, 5.74) is 1.03. The topological polar surface area (TPSA) is 41.3 Å². The lowest BCUT2D eigenvalue weighted by atomic mass is 10.1. The van der Waals surface area contributed by atoms with Crippen LogP contribution in [0.3, 0.4) is 0 Å². The molecule has 1 aromatic heterocycles. The van der Waals surface area contributed by atoms with Crippen LogP contribution in [0.5, 0.6) is 0 Å². The maximum atomic E-state index is 5.43. The average Bonchev–Trinajstić information content (AvgIpc) is 3.15. The number of rotatable bonds is 9. The molecule has 0 aliphatic heterocycles. The van der Waals surface area contributed by atoms with E-state index in [4.69, 9.17) is 4.52 Å². The standard InChI is InChI=1S/C15H27N3O/c1-4-12(3)10-18(5-2)11-15-8-14(17-19-15)9-16-13-6-7-13/h8,12-13,16H,4-7,9-11H2,1-3H3. The highest BCUT2D eigenvalue weighted by Crippen LogP contribution is 2.19. The molecule has 2 rings (SSSR count). The van der Waals surface area contributed by atoms with Crippen molar-refractivity contribution in [2.24, 2.45) is 5.92 Å². The van der Waals surface area contributed by atoms with Crippen LogP contribution in [-0.2, 0) is 13.1 Å². The van der Waals surface area contributed by atoms with Crippen LogP contribution < -0.4 is 5.32 Å². The Bertz CT molecular complexity index is 373. The van der Waals surface area contributed by atoms with E-state index in [9.17, 15) is 0 Å². The molecule has 0 spiro atoms. The predicted molar refractivity (Wildman–Crippen MR) is 76.8 cm³/mol. The van der Waals surface area contributed by atoms with E-state index in [-0.39, 0.29) is 0 Å².